The quantitative estimate of drug-likeness (QED) is 0.575. The number of likely N-dealkylation sites (tertiary alicyclic amines) is 1. The summed E-state index contributed by atoms with van der Waals surface area (Å²) in [6, 6.07) is 0.302. The molecule has 2 N–H and O–H groups in total. The number of amides is 1. The van der Waals surface area contributed by atoms with Crippen molar-refractivity contribution in [1.29, 1.82) is 0 Å². The van der Waals surface area contributed by atoms with E-state index in [0.717, 1.165) is 25.9 Å². The van der Waals surface area contributed by atoms with E-state index in [-0.39, 0.29) is 12.5 Å². The molecule has 7 heteroatoms. The molecule has 114 valence electrons. The van der Waals surface area contributed by atoms with E-state index in [0.29, 0.717) is 23.6 Å². The topological polar surface area (TPSA) is 66.0 Å². The van der Waals surface area contributed by atoms with Crippen LogP contribution in [0.5, 0.6) is 0 Å². The predicted molar refractivity (Wildman–Crippen MR) is 81.0 cm³/mol. The van der Waals surface area contributed by atoms with Gasteiger partial charge < -0.3 is 20.3 Å². The van der Waals surface area contributed by atoms with Crippen LogP contribution in [0.4, 0.5) is 0 Å². The Morgan fingerprint density at radius 2 is 2.15 bits per heavy atom. The third-order valence-corrected chi connectivity index (χ3v) is 3.26. The fraction of sp³-hybridized carbons (Fsp3) is 0.692. The van der Waals surface area contributed by atoms with Gasteiger partial charge in [0.15, 0.2) is 5.96 Å². The molecule has 0 bridgehead atoms. The van der Waals surface area contributed by atoms with Gasteiger partial charge in [0.2, 0.25) is 5.91 Å². The molecule has 1 heterocycles. The van der Waals surface area contributed by atoms with Gasteiger partial charge in [-0.05, 0) is 12.8 Å². The van der Waals surface area contributed by atoms with Crippen LogP contribution in [0, 0.1) is 0 Å². The Morgan fingerprint density at radius 3 is 2.65 bits per heavy atom. The monoisotopic (exact) mass is 302 g/mol. The van der Waals surface area contributed by atoms with E-state index >= 15 is 0 Å². The molecule has 20 heavy (non-hydrogen) atoms. The number of nitrogens with zero attached hydrogens (tertiary/aromatic N) is 2. The first-order chi connectivity index (χ1) is 9.56. The third-order valence-electron chi connectivity index (χ3n) is 3.13. The van der Waals surface area contributed by atoms with Gasteiger partial charge in [-0.2, -0.15) is 0 Å². The van der Waals surface area contributed by atoms with Gasteiger partial charge in [-0.15, -0.1) is 0 Å². The number of carbonyl (C=O) groups is 1. The Morgan fingerprint density at radius 1 is 1.50 bits per heavy atom. The lowest BCUT2D eigenvalue weighted by Crippen LogP contribution is -2.50. The zero-order valence-electron chi connectivity index (χ0n) is 12.1. The molecule has 0 unspecified atom stereocenters. The number of hydrogen-bond acceptors (Lipinski definition) is 3. The lowest BCUT2D eigenvalue weighted by atomic mass is 10.1. The first-order valence-corrected chi connectivity index (χ1v) is 7.01. The summed E-state index contributed by atoms with van der Waals surface area (Å²) < 4.78 is 4.86. The van der Waals surface area contributed by atoms with Crippen LogP contribution in [-0.4, -0.2) is 63.2 Å². The van der Waals surface area contributed by atoms with E-state index < -0.39 is 0 Å². The number of ether oxygens (including phenoxy) is 1. The summed E-state index contributed by atoms with van der Waals surface area (Å²) in [5.41, 5.74) is 0. The molecule has 0 atom stereocenters. The first-order valence-electron chi connectivity index (χ1n) is 6.64. The van der Waals surface area contributed by atoms with E-state index in [9.17, 15) is 4.79 Å². The zero-order valence-corrected chi connectivity index (χ0v) is 12.9. The maximum absolute atomic E-state index is 11.7. The number of carbonyl (C=O) groups excluding carboxylic acids is 1. The van der Waals surface area contributed by atoms with Crippen molar-refractivity contribution < 1.29 is 9.53 Å². The SMILES string of the molecule is C=C(Cl)CNC(=NC)NC1CCN(C(=O)COC)CC1. The van der Waals surface area contributed by atoms with Gasteiger partial charge in [0.25, 0.3) is 0 Å². The van der Waals surface area contributed by atoms with Crippen molar-refractivity contribution in [2.24, 2.45) is 4.99 Å². The molecule has 1 rings (SSSR count). The van der Waals surface area contributed by atoms with Gasteiger partial charge in [-0.3, -0.25) is 9.79 Å². The zero-order chi connectivity index (χ0) is 15.0. The molecule has 0 saturated carbocycles. The molecule has 0 spiro atoms. The Balaban J connectivity index is 2.34. The summed E-state index contributed by atoms with van der Waals surface area (Å²) in [5, 5.41) is 6.93. The van der Waals surface area contributed by atoms with Crippen LogP contribution in [0.3, 0.4) is 0 Å². The standard InChI is InChI=1S/C13H23ClN4O2/c1-10(14)8-16-13(15-2)17-11-4-6-18(7-5-11)12(19)9-20-3/h11H,1,4-9H2,2-3H3,(H2,15,16,17). The highest BCUT2D eigenvalue weighted by molar-refractivity contribution is 6.29. The summed E-state index contributed by atoms with van der Waals surface area (Å²) in [5.74, 6) is 0.750. The molecule has 0 aromatic carbocycles. The molecule has 1 fully saturated rings. The molecule has 0 radical (unpaired) electrons. The summed E-state index contributed by atoms with van der Waals surface area (Å²) in [7, 11) is 3.25. The number of methoxy groups -OCH3 is 1. The van der Waals surface area contributed by atoms with E-state index in [1.807, 2.05) is 4.90 Å². The molecule has 6 nitrogen and oxygen atoms in total. The van der Waals surface area contributed by atoms with E-state index in [1.54, 1.807) is 7.05 Å². The highest BCUT2D eigenvalue weighted by atomic mass is 35.5. The Hall–Kier alpha value is -1.27. The molecule has 1 saturated heterocycles. The van der Waals surface area contributed by atoms with Gasteiger partial charge >= 0.3 is 0 Å². The lowest BCUT2D eigenvalue weighted by Gasteiger charge is -2.33. The van der Waals surface area contributed by atoms with Crippen molar-refractivity contribution in [3.8, 4) is 0 Å². The summed E-state index contributed by atoms with van der Waals surface area (Å²) >= 11 is 5.71. The second kappa shape index (κ2) is 8.81. The summed E-state index contributed by atoms with van der Waals surface area (Å²) in [6.07, 6.45) is 1.77. The van der Waals surface area contributed by atoms with Crippen molar-refractivity contribution in [3.05, 3.63) is 11.6 Å². The largest absolute Gasteiger partial charge is 0.375 e. The van der Waals surface area contributed by atoms with Crippen molar-refractivity contribution in [1.82, 2.24) is 15.5 Å². The number of hydrogen-bond donors (Lipinski definition) is 2. The van der Waals surface area contributed by atoms with Gasteiger partial charge in [0, 0.05) is 38.3 Å². The highest BCUT2D eigenvalue weighted by Gasteiger charge is 2.22. The Kier molecular flexibility index (Phi) is 7.40. The minimum atomic E-state index is 0.0481. The highest BCUT2D eigenvalue weighted by Crippen LogP contribution is 2.10. The molecule has 0 aromatic rings. The van der Waals surface area contributed by atoms with Crippen molar-refractivity contribution in [3.63, 3.8) is 0 Å². The molecule has 0 aliphatic carbocycles. The minimum Gasteiger partial charge on any atom is -0.375 e. The first kappa shape index (κ1) is 16.8. The van der Waals surface area contributed by atoms with Crippen molar-refractivity contribution in [2.45, 2.75) is 18.9 Å². The van der Waals surface area contributed by atoms with Gasteiger partial charge in [0.1, 0.15) is 6.61 Å². The van der Waals surface area contributed by atoms with Crippen LogP contribution in [0.15, 0.2) is 16.6 Å². The predicted octanol–water partition coefficient (Wildman–Crippen LogP) is 0.541. The second-order valence-electron chi connectivity index (χ2n) is 4.68. The number of aliphatic imine (C=N–C) groups is 1. The van der Waals surface area contributed by atoms with Crippen LogP contribution in [-0.2, 0) is 9.53 Å². The molecule has 1 aliphatic rings. The van der Waals surface area contributed by atoms with Crippen LogP contribution < -0.4 is 10.6 Å². The van der Waals surface area contributed by atoms with Crippen LogP contribution in [0.2, 0.25) is 0 Å². The molecular formula is C13H23ClN4O2. The average molecular weight is 303 g/mol. The normalized spacial score (nSPS) is 16.9. The summed E-state index contributed by atoms with van der Waals surface area (Å²) in [6.45, 7) is 5.72. The maximum atomic E-state index is 11.7. The number of rotatable bonds is 5. The average Bonchev–Trinajstić information content (AvgIpc) is 2.44. The Labute approximate surface area is 125 Å². The third kappa shape index (κ3) is 5.79. The number of piperidine rings is 1. The van der Waals surface area contributed by atoms with E-state index in [1.165, 1.54) is 7.11 Å². The van der Waals surface area contributed by atoms with Gasteiger partial charge in [0.05, 0.1) is 6.54 Å². The molecular weight excluding hydrogens is 280 g/mol. The van der Waals surface area contributed by atoms with E-state index in [4.69, 9.17) is 16.3 Å². The van der Waals surface area contributed by atoms with Crippen LogP contribution >= 0.6 is 11.6 Å². The van der Waals surface area contributed by atoms with Crippen LogP contribution in [0.1, 0.15) is 12.8 Å². The van der Waals surface area contributed by atoms with Crippen LogP contribution in [0.25, 0.3) is 0 Å². The van der Waals surface area contributed by atoms with E-state index in [2.05, 4.69) is 22.2 Å². The molecule has 1 amide bonds. The van der Waals surface area contributed by atoms with Gasteiger partial charge in [-0.25, -0.2) is 0 Å². The van der Waals surface area contributed by atoms with Gasteiger partial charge in [-0.1, -0.05) is 18.2 Å². The fourth-order valence-electron chi connectivity index (χ4n) is 2.06. The minimum absolute atomic E-state index is 0.0481. The number of halogens is 1. The second-order valence-corrected chi connectivity index (χ2v) is 5.21. The summed E-state index contributed by atoms with van der Waals surface area (Å²) in [4.78, 5) is 17.6. The molecule has 1 aliphatic heterocycles. The molecule has 0 aromatic heterocycles. The lowest BCUT2D eigenvalue weighted by molar-refractivity contribution is -0.136. The maximum Gasteiger partial charge on any atom is 0.248 e. The van der Waals surface area contributed by atoms with Crippen molar-refractivity contribution >= 4 is 23.5 Å². The van der Waals surface area contributed by atoms with Crippen molar-refractivity contribution in [2.75, 3.05) is 40.4 Å². The Bertz CT molecular complexity index is 365. The number of guanidine groups is 1. The fourth-order valence-corrected chi connectivity index (χ4v) is 2.12. The smallest absolute Gasteiger partial charge is 0.248 e. The number of nitrogens with one attached hydrogen (secondary N) is 2.